The van der Waals surface area contributed by atoms with Crippen molar-refractivity contribution in [2.24, 2.45) is 5.92 Å². The molecular formula is C22H26N4O3. The number of carbonyl (C=O) groups is 2. The average Bonchev–Trinajstić information content (AvgIpc) is 3.14. The number of anilines is 1. The molecule has 0 unspecified atom stereocenters. The number of aromatic amines is 1. The van der Waals surface area contributed by atoms with E-state index in [9.17, 15) is 9.59 Å². The highest BCUT2D eigenvalue weighted by molar-refractivity contribution is 6.01. The number of para-hydroxylation sites is 2. The van der Waals surface area contributed by atoms with Crippen LogP contribution in [0.5, 0.6) is 5.75 Å². The van der Waals surface area contributed by atoms with Crippen molar-refractivity contribution < 1.29 is 14.3 Å². The van der Waals surface area contributed by atoms with Crippen LogP contribution in [0.3, 0.4) is 0 Å². The van der Waals surface area contributed by atoms with Crippen molar-refractivity contribution >= 4 is 28.8 Å². The molecule has 0 aliphatic rings. The van der Waals surface area contributed by atoms with E-state index in [-0.39, 0.29) is 17.7 Å². The van der Waals surface area contributed by atoms with Crippen molar-refractivity contribution in [1.29, 1.82) is 0 Å². The molecule has 2 aromatic carbocycles. The lowest BCUT2D eigenvalue weighted by Gasteiger charge is -2.23. The Bertz CT molecular complexity index is 948. The predicted octanol–water partition coefficient (Wildman–Crippen LogP) is 3.74. The third-order valence-electron chi connectivity index (χ3n) is 4.84. The monoisotopic (exact) mass is 394 g/mol. The molecule has 0 aliphatic heterocycles. The van der Waals surface area contributed by atoms with Crippen LogP contribution in [0, 0.1) is 5.92 Å². The van der Waals surface area contributed by atoms with E-state index in [0.717, 1.165) is 17.5 Å². The lowest BCUT2D eigenvalue weighted by molar-refractivity contribution is -0.119. The smallest absolute Gasteiger partial charge is 0.251 e. The van der Waals surface area contributed by atoms with Crippen LogP contribution in [0.2, 0.25) is 0 Å². The molecule has 0 saturated carbocycles. The summed E-state index contributed by atoms with van der Waals surface area (Å²) in [7, 11) is 0. The van der Waals surface area contributed by atoms with Crippen LogP contribution in [0.4, 0.5) is 5.95 Å². The van der Waals surface area contributed by atoms with E-state index in [4.69, 9.17) is 4.74 Å². The second-order valence-corrected chi connectivity index (χ2v) is 6.89. The Hall–Kier alpha value is -3.35. The number of imidazole rings is 1. The summed E-state index contributed by atoms with van der Waals surface area (Å²) in [5.41, 5.74) is 2.07. The number of hydrogen-bond acceptors (Lipinski definition) is 4. The number of fused-ring (bicyclic) bond motifs is 1. The van der Waals surface area contributed by atoms with Crippen LogP contribution in [-0.4, -0.2) is 34.4 Å². The van der Waals surface area contributed by atoms with Crippen molar-refractivity contribution in [1.82, 2.24) is 15.3 Å². The number of H-pyrrole nitrogens is 1. The number of hydrogen-bond donors (Lipinski definition) is 3. The maximum Gasteiger partial charge on any atom is 0.251 e. The van der Waals surface area contributed by atoms with Gasteiger partial charge in [0.15, 0.2) is 0 Å². The van der Waals surface area contributed by atoms with E-state index >= 15 is 0 Å². The lowest BCUT2D eigenvalue weighted by atomic mass is 9.98. The Balaban J connectivity index is 1.72. The van der Waals surface area contributed by atoms with Gasteiger partial charge in [0.2, 0.25) is 11.9 Å². The van der Waals surface area contributed by atoms with Crippen LogP contribution >= 0.6 is 0 Å². The quantitative estimate of drug-likeness (QED) is 0.542. The third kappa shape index (κ3) is 4.93. The van der Waals surface area contributed by atoms with Crippen molar-refractivity contribution in [2.45, 2.75) is 33.2 Å². The van der Waals surface area contributed by atoms with Crippen LogP contribution in [0.1, 0.15) is 37.6 Å². The van der Waals surface area contributed by atoms with Crippen molar-refractivity contribution in [2.75, 3.05) is 11.9 Å². The fourth-order valence-electron chi connectivity index (χ4n) is 3.00. The Morgan fingerprint density at radius 3 is 2.48 bits per heavy atom. The fraction of sp³-hybridized carbons (Fsp3) is 0.318. The Morgan fingerprint density at radius 1 is 1.10 bits per heavy atom. The number of rotatable bonds is 8. The molecule has 7 nitrogen and oxygen atoms in total. The molecule has 3 aromatic rings. The molecule has 7 heteroatoms. The molecular weight excluding hydrogens is 368 g/mol. The zero-order valence-corrected chi connectivity index (χ0v) is 16.9. The summed E-state index contributed by atoms with van der Waals surface area (Å²) in [4.78, 5) is 33.0. The van der Waals surface area contributed by atoms with Gasteiger partial charge in [0.25, 0.3) is 5.91 Å². The summed E-state index contributed by atoms with van der Waals surface area (Å²) >= 11 is 0. The first-order chi connectivity index (χ1) is 14.0. The molecule has 3 N–H and O–H groups in total. The van der Waals surface area contributed by atoms with Gasteiger partial charge >= 0.3 is 0 Å². The highest BCUT2D eigenvalue weighted by Crippen LogP contribution is 2.16. The van der Waals surface area contributed by atoms with Crippen LogP contribution < -0.4 is 15.4 Å². The number of amides is 2. The molecule has 0 fully saturated rings. The van der Waals surface area contributed by atoms with Crippen molar-refractivity contribution in [3.8, 4) is 5.75 Å². The van der Waals surface area contributed by atoms with Crippen LogP contribution in [0.25, 0.3) is 11.0 Å². The normalized spacial score (nSPS) is 12.9. The van der Waals surface area contributed by atoms with E-state index in [2.05, 4.69) is 20.6 Å². The van der Waals surface area contributed by atoms with Gasteiger partial charge in [0, 0.05) is 5.56 Å². The number of aromatic nitrogens is 2. The summed E-state index contributed by atoms with van der Waals surface area (Å²) in [6.07, 6.45) is 0.738. The van der Waals surface area contributed by atoms with Gasteiger partial charge in [-0.3, -0.25) is 14.9 Å². The van der Waals surface area contributed by atoms with E-state index in [1.165, 1.54) is 0 Å². The van der Waals surface area contributed by atoms with Gasteiger partial charge in [-0.15, -0.1) is 0 Å². The SMILES string of the molecule is CCOc1ccc(C(=O)N[C@@H](C(=O)Nc2nc3ccccc3[nH]2)[C@H](C)CC)cc1. The van der Waals surface area contributed by atoms with Gasteiger partial charge in [-0.2, -0.15) is 0 Å². The first-order valence-corrected chi connectivity index (χ1v) is 9.81. The minimum atomic E-state index is -0.688. The minimum absolute atomic E-state index is 0.0500. The van der Waals surface area contributed by atoms with Gasteiger partial charge < -0.3 is 15.0 Å². The molecule has 0 bridgehead atoms. The van der Waals surface area contributed by atoms with E-state index < -0.39 is 6.04 Å². The second kappa shape index (κ2) is 9.23. The molecule has 0 aliphatic carbocycles. The van der Waals surface area contributed by atoms with Crippen LogP contribution in [0.15, 0.2) is 48.5 Å². The molecule has 0 radical (unpaired) electrons. The molecule has 0 spiro atoms. The second-order valence-electron chi connectivity index (χ2n) is 6.89. The van der Waals surface area contributed by atoms with Gasteiger partial charge in [-0.1, -0.05) is 32.4 Å². The summed E-state index contributed by atoms with van der Waals surface area (Å²) in [5.74, 6) is 0.395. The maximum atomic E-state index is 12.9. The third-order valence-corrected chi connectivity index (χ3v) is 4.84. The van der Waals surface area contributed by atoms with Crippen molar-refractivity contribution in [3.63, 3.8) is 0 Å². The Labute approximate surface area is 169 Å². The van der Waals surface area contributed by atoms with Gasteiger partial charge in [0.05, 0.1) is 17.6 Å². The number of ether oxygens (including phenoxy) is 1. The molecule has 1 aromatic heterocycles. The molecule has 2 amide bonds. The Kier molecular flexibility index (Phi) is 6.49. The molecule has 3 rings (SSSR count). The molecule has 152 valence electrons. The topological polar surface area (TPSA) is 96.1 Å². The predicted molar refractivity (Wildman–Crippen MR) is 113 cm³/mol. The average molecular weight is 394 g/mol. The van der Waals surface area contributed by atoms with E-state index in [0.29, 0.717) is 23.9 Å². The summed E-state index contributed by atoms with van der Waals surface area (Å²) in [5, 5.41) is 5.64. The maximum absolute atomic E-state index is 12.9. The molecule has 1 heterocycles. The largest absolute Gasteiger partial charge is 0.494 e. The number of nitrogens with zero attached hydrogens (tertiary/aromatic N) is 1. The highest BCUT2D eigenvalue weighted by atomic mass is 16.5. The Morgan fingerprint density at radius 2 is 1.83 bits per heavy atom. The number of benzene rings is 2. The van der Waals surface area contributed by atoms with Gasteiger partial charge in [-0.25, -0.2) is 4.98 Å². The lowest BCUT2D eigenvalue weighted by Crippen LogP contribution is -2.47. The minimum Gasteiger partial charge on any atom is -0.494 e. The van der Waals surface area contributed by atoms with E-state index in [1.807, 2.05) is 45.0 Å². The summed E-state index contributed by atoms with van der Waals surface area (Å²) < 4.78 is 5.40. The van der Waals surface area contributed by atoms with Crippen LogP contribution in [-0.2, 0) is 4.79 Å². The first kappa shape index (κ1) is 20.4. The van der Waals surface area contributed by atoms with Gasteiger partial charge in [-0.05, 0) is 49.2 Å². The number of carbonyl (C=O) groups excluding carboxylic acids is 2. The standard InChI is InChI=1S/C22H26N4O3/c1-4-14(3)19(25-20(27)15-10-12-16(13-11-15)29-5-2)21(28)26-22-23-17-8-6-7-9-18(17)24-22/h6-14,19H,4-5H2,1-3H3,(H,25,27)(H2,23,24,26,28)/t14-,19-/m1/s1. The molecule has 29 heavy (non-hydrogen) atoms. The molecule has 0 saturated heterocycles. The highest BCUT2D eigenvalue weighted by Gasteiger charge is 2.27. The zero-order chi connectivity index (χ0) is 20.8. The number of nitrogens with one attached hydrogen (secondary N) is 3. The fourth-order valence-corrected chi connectivity index (χ4v) is 3.00. The summed E-state index contributed by atoms with van der Waals surface area (Å²) in [6.45, 7) is 6.37. The van der Waals surface area contributed by atoms with Gasteiger partial charge in [0.1, 0.15) is 11.8 Å². The first-order valence-electron chi connectivity index (χ1n) is 9.81. The summed E-state index contributed by atoms with van der Waals surface area (Å²) in [6, 6.07) is 13.7. The molecule has 2 atom stereocenters. The van der Waals surface area contributed by atoms with E-state index in [1.54, 1.807) is 24.3 Å². The van der Waals surface area contributed by atoms with Crippen molar-refractivity contribution in [3.05, 3.63) is 54.1 Å². The zero-order valence-electron chi connectivity index (χ0n) is 16.9.